The molecule has 1 saturated carbocycles. The summed E-state index contributed by atoms with van der Waals surface area (Å²) in [5.41, 5.74) is 0.894. The van der Waals surface area contributed by atoms with E-state index in [1.165, 1.54) is 0 Å². The van der Waals surface area contributed by atoms with E-state index in [1.807, 2.05) is 49.3 Å². The largest absolute Gasteiger partial charge is 0.390 e. The molecule has 1 aliphatic rings. The maximum atomic E-state index is 13.7. The predicted molar refractivity (Wildman–Crippen MR) is 173 cm³/mol. The van der Waals surface area contributed by atoms with Gasteiger partial charge in [-0.3, -0.25) is 14.4 Å². The van der Waals surface area contributed by atoms with Gasteiger partial charge < -0.3 is 30.6 Å². The van der Waals surface area contributed by atoms with Crippen LogP contribution in [0.25, 0.3) is 0 Å². The number of carbonyl (C=O) groups excluding carboxylic acids is 3. The molecule has 1 fully saturated rings. The van der Waals surface area contributed by atoms with Crippen LogP contribution in [0.1, 0.15) is 69.8 Å². The molecule has 5 atom stereocenters. The molecule has 4 N–H and O–H groups in total. The van der Waals surface area contributed by atoms with Crippen LogP contribution in [0.5, 0.6) is 0 Å². The molecule has 3 amide bonds. The number of likely N-dealkylation sites (N-methyl/N-ethyl adjacent to an activating group) is 2. The monoisotopic (exact) mass is 608 g/mol. The van der Waals surface area contributed by atoms with Crippen LogP contribution in [0.4, 0.5) is 0 Å². The van der Waals surface area contributed by atoms with Crippen molar-refractivity contribution < 1.29 is 24.6 Å². The molecule has 0 spiro atoms. The highest BCUT2D eigenvalue weighted by Crippen LogP contribution is 2.29. The smallest absolute Gasteiger partial charge is 0.243 e. The van der Waals surface area contributed by atoms with Crippen LogP contribution < -0.4 is 10.6 Å². The van der Waals surface area contributed by atoms with Crippen LogP contribution in [0, 0.1) is 36.5 Å². The lowest BCUT2D eigenvalue weighted by atomic mass is 9.82. The number of aliphatic hydroxyl groups excluding tert-OH is 2. The Morgan fingerprint density at radius 3 is 2.25 bits per heavy atom. The fourth-order valence-electron chi connectivity index (χ4n) is 5.63. The van der Waals surface area contributed by atoms with Gasteiger partial charge in [-0.1, -0.05) is 62.4 Å². The first-order chi connectivity index (χ1) is 21.0. The maximum Gasteiger partial charge on any atom is 0.243 e. The van der Waals surface area contributed by atoms with Gasteiger partial charge in [-0.15, -0.1) is 24.7 Å². The van der Waals surface area contributed by atoms with E-state index in [1.54, 1.807) is 11.9 Å². The van der Waals surface area contributed by atoms with Gasteiger partial charge in [-0.25, -0.2) is 0 Å². The Kier molecular flexibility index (Phi) is 16.6. The summed E-state index contributed by atoms with van der Waals surface area (Å²) in [5, 5.41) is 27.4. The summed E-state index contributed by atoms with van der Waals surface area (Å²) in [7, 11) is 5.57. The molecule has 0 saturated heterocycles. The molecule has 44 heavy (non-hydrogen) atoms. The molecule has 1 aliphatic carbocycles. The molecule has 0 aliphatic heterocycles. The summed E-state index contributed by atoms with van der Waals surface area (Å²) in [6.45, 7) is 1.21. The normalized spacial score (nSPS) is 16.9. The van der Waals surface area contributed by atoms with Gasteiger partial charge in [0.2, 0.25) is 17.7 Å². The summed E-state index contributed by atoms with van der Waals surface area (Å²) < 4.78 is 0. The molecule has 0 radical (unpaired) electrons. The minimum absolute atomic E-state index is 0.0283. The number of amides is 3. The van der Waals surface area contributed by atoms with Crippen LogP contribution in [0.3, 0.4) is 0 Å². The number of terminal acetylenes is 2. The lowest BCUT2D eigenvalue weighted by Gasteiger charge is -2.33. The van der Waals surface area contributed by atoms with Crippen molar-refractivity contribution in [3.63, 3.8) is 0 Å². The van der Waals surface area contributed by atoms with Crippen molar-refractivity contribution >= 4 is 17.7 Å². The van der Waals surface area contributed by atoms with E-state index in [0.717, 1.165) is 37.7 Å². The number of aliphatic hydroxyl groups is 2. The summed E-state index contributed by atoms with van der Waals surface area (Å²) >= 11 is 0. The second kappa shape index (κ2) is 19.8. The summed E-state index contributed by atoms with van der Waals surface area (Å²) in [5.74, 6) is 3.37. The zero-order chi connectivity index (χ0) is 32.5. The Hall–Kier alpha value is -3.37. The first-order valence-electron chi connectivity index (χ1n) is 15.8. The molecular formula is C35H52N4O5. The van der Waals surface area contributed by atoms with Crippen molar-refractivity contribution in [3.05, 3.63) is 35.9 Å². The molecule has 1 aromatic rings. The average molecular weight is 609 g/mol. The summed E-state index contributed by atoms with van der Waals surface area (Å²) in [4.78, 5) is 44.0. The van der Waals surface area contributed by atoms with Crippen LogP contribution in [-0.2, 0) is 20.8 Å². The second-order valence-electron chi connectivity index (χ2n) is 12.3. The van der Waals surface area contributed by atoms with Crippen molar-refractivity contribution in [1.29, 1.82) is 0 Å². The molecule has 9 heteroatoms. The highest BCUT2D eigenvalue weighted by atomic mass is 16.3. The van der Waals surface area contributed by atoms with Crippen LogP contribution in [0.15, 0.2) is 30.3 Å². The zero-order valence-corrected chi connectivity index (χ0v) is 26.7. The second-order valence-corrected chi connectivity index (χ2v) is 12.3. The standard InChI is InChI=1S/C35H52N4O5/c1-6-8-20-31(40)33(42)30(24-27-18-13-10-14-19-27)37-35(44)29(15-7-2)36-34(43)28(23-26-16-11-9-12-17-26)25-32(41)39(5)22-21-38(3)4/h1-2,9,11-12,16-17,27-31,33,40,42H,8,10,13-15,18-25H2,3-5H3,(H,36,43)(H,37,44)/t28-,29+,30+,31+,33-/m1/s1. The van der Waals surface area contributed by atoms with Gasteiger partial charge in [-0.2, -0.15) is 0 Å². The Balaban J connectivity index is 2.21. The van der Waals surface area contributed by atoms with E-state index in [0.29, 0.717) is 38.3 Å². The Morgan fingerprint density at radius 1 is 0.955 bits per heavy atom. The molecule has 0 unspecified atom stereocenters. The third kappa shape index (κ3) is 13.1. The summed E-state index contributed by atoms with van der Waals surface area (Å²) in [6, 6.07) is 7.62. The van der Waals surface area contributed by atoms with E-state index >= 15 is 0 Å². The minimum Gasteiger partial charge on any atom is -0.390 e. The first kappa shape index (κ1) is 36.8. The van der Waals surface area contributed by atoms with Crippen molar-refractivity contribution in [2.24, 2.45) is 11.8 Å². The third-order valence-electron chi connectivity index (χ3n) is 8.41. The number of rotatable bonds is 18. The van der Waals surface area contributed by atoms with Crippen molar-refractivity contribution in [1.82, 2.24) is 20.4 Å². The van der Waals surface area contributed by atoms with E-state index in [-0.39, 0.29) is 25.2 Å². The number of hydrogen-bond donors (Lipinski definition) is 4. The van der Waals surface area contributed by atoms with Gasteiger partial charge >= 0.3 is 0 Å². The summed E-state index contributed by atoms with van der Waals surface area (Å²) in [6.07, 6.45) is 15.2. The average Bonchev–Trinajstić information content (AvgIpc) is 3.01. The highest BCUT2D eigenvalue weighted by molar-refractivity contribution is 5.91. The van der Waals surface area contributed by atoms with Crippen molar-refractivity contribution in [3.8, 4) is 24.7 Å². The Morgan fingerprint density at radius 2 is 1.64 bits per heavy atom. The topological polar surface area (TPSA) is 122 Å². The van der Waals surface area contributed by atoms with Crippen LogP contribution >= 0.6 is 0 Å². The molecule has 0 bridgehead atoms. The highest BCUT2D eigenvalue weighted by Gasteiger charge is 2.33. The van der Waals surface area contributed by atoms with Crippen molar-refractivity contribution in [2.75, 3.05) is 34.2 Å². The maximum absolute atomic E-state index is 13.7. The van der Waals surface area contributed by atoms with Gasteiger partial charge in [0, 0.05) is 39.4 Å². The molecule has 9 nitrogen and oxygen atoms in total. The minimum atomic E-state index is -1.22. The lowest BCUT2D eigenvalue weighted by Crippen LogP contribution is -2.55. The molecule has 1 aromatic carbocycles. The van der Waals surface area contributed by atoms with Crippen LogP contribution in [-0.4, -0.2) is 96.3 Å². The van der Waals surface area contributed by atoms with E-state index < -0.39 is 42.0 Å². The number of nitrogens with zero attached hydrogens (tertiary/aromatic N) is 2. The fraction of sp³-hybridized carbons (Fsp3) is 0.629. The van der Waals surface area contributed by atoms with Gasteiger partial charge in [0.05, 0.1) is 18.1 Å². The molecule has 0 aromatic heterocycles. The van der Waals surface area contributed by atoms with Gasteiger partial charge in [-0.05, 0) is 44.8 Å². The number of carbonyl (C=O) groups is 3. The van der Waals surface area contributed by atoms with Gasteiger partial charge in [0.1, 0.15) is 12.1 Å². The first-order valence-corrected chi connectivity index (χ1v) is 15.8. The van der Waals surface area contributed by atoms with E-state index in [4.69, 9.17) is 12.8 Å². The van der Waals surface area contributed by atoms with Crippen LogP contribution in [0.2, 0.25) is 0 Å². The number of nitrogens with one attached hydrogen (secondary N) is 2. The van der Waals surface area contributed by atoms with Gasteiger partial charge in [0.15, 0.2) is 0 Å². The Bertz CT molecular complexity index is 1110. The zero-order valence-electron chi connectivity index (χ0n) is 26.7. The van der Waals surface area contributed by atoms with Crippen molar-refractivity contribution in [2.45, 2.75) is 94.9 Å². The fourth-order valence-corrected chi connectivity index (χ4v) is 5.63. The lowest BCUT2D eigenvalue weighted by molar-refractivity contribution is -0.136. The van der Waals surface area contributed by atoms with E-state index in [9.17, 15) is 24.6 Å². The molecule has 0 heterocycles. The van der Waals surface area contributed by atoms with Gasteiger partial charge in [0.25, 0.3) is 0 Å². The molecule has 2 rings (SSSR count). The number of benzene rings is 1. The Labute approximate surface area is 264 Å². The molecular weight excluding hydrogens is 556 g/mol. The predicted octanol–water partition coefficient (Wildman–Crippen LogP) is 2.35. The molecule has 242 valence electrons. The third-order valence-corrected chi connectivity index (χ3v) is 8.41. The number of hydrogen-bond acceptors (Lipinski definition) is 6. The van der Waals surface area contributed by atoms with E-state index in [2.05, 4.69) is 22.5 Å². The SMILES string of the molecule is C#CCC[C@H](O)[C@H](O)[C@H](CC1CCCCC1)NC(=O)[C@H](CC#C)NC(=O)[C@@H](CC(=O)N(C)CCN(C)C)Cc1ccccc1. The quantitative estimate of drug-likeness (QED) is 0.190.